The molecule has 1 aliphatic carbocycles. The van der Waals surface area contributed by atoms with Crippen molar-refractivity contribution in [3.05, 3.63) is 35.6 Å². The third-order valence-corrected chi connectivity index (χ3v) is 5.12. The molecule has 2 nitrogen and oxygen atoms in total. The smallest absolute Gasteiger partial charge is 0.134 e. The zero-order chi connectivity index (χ0) is 14.8. The lowest BCUT2D eigenvalue weighted by Crippen LogP contribution is -2.40. The Hall–Kier alpha value is -1.28. The van der Waals surface area contributed by atoms with E-state index in [9.17, 15) is 0 Å². The average Bonchev–Trinajstić information content (AvgIpc) is 2.81. The van der Waals surface area contributed by atoms with E-state index >= 15 is 0 Å². The summed E-state index contributed by atoms with van der Waals surface area (Å²) in [6, 6.07) is 9.02. The topological polar surface area (TPSA) is 25.2 Å². The summed E-state index contributed by atoms with van der Waals surface area (Å²) in [5.41, 5.74) is 2.34. The fourth-order valence-corrected chi connectivity index (χ4v) is 3.88. The van der Waals surface area contributed by atoms with Crippen molar-refractivity contribution in [2.24, 2.45) is 11.8 Å². The van der Waals surface area contributed by atoms with Gasteiger partial charge in [0.25, 0.3) is 0 Å². The van der Waals surface area contributed by atoms with Crippen LogP contribution in [0.3, 0.4) is 0 Å². The summed E-state index contributed by atoms with van der Waals surface area (Å²) in [5, 5.41) is 5.09. The number of hydrogen-bond donors (Lipinski definition) is 1. The van der Waals surface area contributed by atoms with E-state index in [2.05, 4.69) is 44.3 Å². The zero-order valence-electron chi connectivity index (χ0n) is 13.5. The lowest BCUT2D eigenvalue weighted by Gasteiger charge is -2.35. The molecular formula is C19H27NO. The van der Waals surface area contributed by atoms with Crippen LogP contribution in [0.15, 0.2) is 28.7 Å². The second-order valence-corrected chi connectivity index (χ2v) is 6.81. The van der Waals surface area contributed by atoms with Crippen molar-refractivity contribution in [1.29, 1.82) is 0 Å². The molecular weight excluding hydrogens is 258 g/mol. The van der Waals surface area contributed by atoms with E-state index in [-0.39, 0.29) is 0 Å². The van der Waals surface area contributed by atoms with Crippen molar-refractivity contribution in [3.8, 4) is 0 Å². The largest absolute Gasteiger partial charge is 0.461 e. The number of furan rings is 1. The molecule has 0 saturated heterocycles. The van der Waals surface area contributed by atoms with Crippen molar-refractivity contribution in [2.45, 2.75) is 59.0 Å². The summed E-state index contributed by atoms with van der Waals surface area (Å²) in [7, 11) is 0. The summed E-state index contributed by atoms with van der Waals surface area (Å²) < 4.78 is 5.87. The molecule has 1 heterocycles. The van der Waals surface area contributed by atoms with Crippen molar-refractivity contribution in [1.82, 2.24) is 5.32 Å². The van der Waals surface area contributed by atoms with Gasteiger partial charge in [-0.3, -0.25) is 0 Å². The maximum Gasteiger partial charge on any atom is 0.134 e. The van der Waals surface area contributed by atoms with Crippen molar-refractivity contribution >= 4 is 11.0 Å². The monoisotopic (exact) mass is 285 g/mol. The molecule has 0 spiro atoms. The number of aryl methyl sites for hydroxylation is 1. The molecule has 0 aliphatic heterocycles. The molecule has 1 aromatic heterocycles. The molecule has 1 saturated carbocycles. The fourth-order valence-electron chi connectivity index (χ4n) is 3.88. The van der Waals surface area contributed by atoms with Crippen LogP contribution in [0, 0.1) is 18.8 Å². The van der Waals surface area contributed by atoms with Crippen LogP contribution in [-0.2, 0) is 6.54 Å². The summed E-state index contributed by atoms with van der Waals surface area (Å²) >= 11 is 0. The minimum atomic E-state index is 0.659. The molecule has 21 heavy (non-hydrogen) atoms. The van der Waals surface area contributed by atoms with Crippen molar-refractivity contribution in [2.75, 3.05) is 0 Å². The van der Waals surface area contributed by atoms with Gasteiger partial charge in [0.15, 0.2) is 0 Å². The van der Waals surface area contributed by atoms with E-state index in [1.54, 1.807) is 0 Å². The van der Waals surface area contributed by atoms with Gasteiger partial charge in [-0.2, -0.15) is 0 Å². The summed E-state index contributed by atoms with van der Waals surface area (Å²) in [4.78, 5) is 0. The van der Waals surface area contributed by atoms with Gasteiger partial charge in [0, 0.05) is 23.5 Å². The number of benzene rings is 1. The number of para-hydroxylation sites is 1. The molecule has 1 fully saturated rings. The highest BCUT2D eigenvalue weighted by Crippen LogP contribution is 2.31. The first kappa shape index (κ1) is 14.6. The van der Waals surface area contributed by atoms with Crippen LogP contribution < -0.4 is 5.32 Å². The molecule has 0 amide bonds. The van der Waals surface area contributed by atoms with Gasteiger partial charge < -0.3 is 9.73 Å². The third kappa shape index (κ3) is 3.01. The van der Waals surface area contributed by atoms with Gasteiger partial charge >= 0.3 is 0 Å². The second kappa shape index (κ2) is 6.23. The van der Waals surface area contributed by atoms with E-state index in [1.807, 2.05) is 6.07 Å². The van der Waals surface area contributed by atoms with Gasteiger partial charge in [0.1, 0.15) is 11.3 Å². The van der Waals surface area contributed by atoms with E-state index in [1.165, 1.54) is 36.6 Å². The Morgan fingerprint density at radius 1 is 1.19 bits per heavy atom. The highest BCUT2D eigenvalue weighted by molar-refractivity contribution is 5.82. The molecule has 2 atom stereocenters. The predicted octanol–water partition coefficient (Wildman–Crippen LogP) is 5.05. The maximum atomic E-state index is 5.87. The highest BCUT2D eigenvalue weighted by atomic mass is 16.3. The molecule has 1 aliphatic rings. The van der Waals surface area contributed by atoms with E-state index in [0.29, 0.717) is 6.04 Å². The van der Waals surface area contributed by atoms with Crippen LogP contribution in [0.5, 0.6) is 0 Å². The van der Waals surface area contributed by atoms with E-state index < -0.39 is 0 Å². The van der Waals surface area contributed by atoms with E-state index in [0.717, 1.165) is 29.7 Å². The molecule has 114 valence electrons. The minimum absolute atomic E-state index is 0.659. The fraction of sp³-hybridized carbons (Fsp3) is 0.579. The molecule has 2 aromatic rings. The predicted molar refractivity (Wildman–Crippen MR) is 88.4 cm³/mol. The van der Waals surface area contributed by atoms with Crippen LogP contribution in [-0.4, -0.2) is 6.04 Å². The number of rotatable bonds is 4. The molecule has 0 bridgehead atoms. The first-order chi connectivity index (χ1) is 10.2. The summed E-state index contributed by atoms with van der Waals surface area (Å²) in [5.74, 6) is 2.64. The van der Waals surface area contributed by atoms with Gasteiger partial charge in [-0.15, -0.1) is 0 Å². The molecule has 0 radical (unpaired) electrons. The van der Waals surface area contributed by atoms with Crippen LogP contribution in [0.4, 0.5) is 0 Å². The summed E-state index contributed by atoms with van der Waals surface area (Å²) in [6.07, 6.45) is 5.46. The van der Waals surface area contributed by atoms with Crippen LogP contribution in [0.25, 0.3) is 11.0 Å². The number of fused-ring (bicyclic) bond motifs is 1. The molecule has 3 rings (SSSR count). The number of nitrogens with one attached hydrogen (secondary N) is 1. The Labute approximate surface area is 127 Å². The Morgan fingerprint density at radius 2 is 1.95 bits per heavy atom. The molecule has 1 aromatic carbocycles. The van der Waals surface area contributed by atoms with Crippen LogP contribution >= 0.6 is 0 Å². The van der Waals surface area contributed by atoms with Crippen LogP contribution in [0.2, 0.25) is 0 Å². The van der Waals surface area contributed by atoms with Crippen molar-refractivity contribution < 1.29 is 4.42 Å². The third-order valence-electron chi connectivity index (χ3n) is 5.12. The lowest BCUT2D eigenvalue weighted by molar-refractivity contribution is 0.204. The Morgan fingerprint density at radius 3 is 2.76 bits per heavy atom. The Balaban J connectivity index is 1.75. The average molecular weight is 285 g/mol. The van der Waals surface area contributed by atoms with Gasteiger partial charge in [-0.1, -0.05) is 44.9 Å². The van der Waals surface area contributed by atoms with E-state index in [4.69, 9.17) is 4.42 Å². The standard InChI is InChI=1S/C19H27NO/c1-13(2)15-8-4-6-10-18(15)20-12-17-14(3)21-19-11-7-5-9-16(17)19/h5,7,9,11,13,15,18,20H,4,6,8,10,12H2,1-3H3. The van der Waals surface area contributed by atoms with Gasteiger partial charge in [0.2, 0.25) is 0 Å². The second-order valence-electron chi connectivity index (χ2n) is 6.81. The SMILES string of the molecule is Cc1oc2ccccc2c1CNC1CCCCC1C(C)C. The van der Waals surface area contributed by atoms with Gasteiger partial charge in [-0.05, 0) is 37.7 Å². The Kier molecular flexibility index (Phi) is 4.34. The summed E-state index contributed by atoms with van der Waals surface area (Å²) in [6.45, 7) is 7.74. The van der Waals surface area contributed by atoms with Crippen LogP contribution in [0.1, 0.15) is 50.9 Å². The number of hydrogen-bond acceptors (Lipinski definition) is 2. The zero-order valence-corrected chi connectivity index (χ0v) is 13.5. The lowest BCUT2D eigenvalue weighted by atomic mass is 9.78. The first-order valence-electron chi connectivity index (χ1n) is 8.37. The molecule has 2 heteroatoms. The Bertz CT molecular complexity index is 599. The normalized spacial score (nSPS) is 23.0. The minimum Gasteiger partial charge on any atom is -0.461 e. The molecule has 2 unspecified atom stereocenters. The quantitative estimate of drug-likeness (QED) is 0.850. The maximum absolute atomic E-state index is 5.87. The molecule has 1 N–H and O–H groups in total. The van der Waals surface area contributed by atoms with Gasteiger partial charge in [0.05, 0.1) is 0 Å². The van der Waals surface area contributed by atoms with Gasteiger partial charge in [-0.25, -0.2) is 0 Å². The first-order valence-corrected chi connectivity index (χ1v) is 8.37. The van der Waals surface area contributed by atoms with Crippen molar-refractivity contribution in [3.63, 3.8) is 0 Å². The highest BCUT2D eigenvalue weighted by Gasteiger charge is 2.27.